The van der Waals surface area contributed by atoms with Crippen LogP contribution >= 0.6 is 12.2 Å². The normalized spacial score (nSPS) is 10.1. The molecule has 0 aromatic heterocycles. The van der Waals surface area contributed by atoms with E-state index in [0.717, 1.165) is 5.75 Å². The molecule has 0 saturated carbocycles. The van der Waals surface area contributed by atoms with Gasteiger partial charge in [0.1, 0.15) is 24.7 Å². The monoisotopic (exact) mass is 463 g/mol. The molecule has 33 heavy (non-hydrogen) atoms. The van der Waals surface area contributed by atoms with E-state index in [1.54, 1.807) is 62.6 Å². The first-order valence-electron chi connectivity index (χ1n) is 10.3. The molecule has 0 aliphatic heterocycles. The van der Waals surface area contributed by atoms with Crippen molar-refractivity contribution in [3.63, 3.8) is 0 Å². The fraction of sp³-hybridized carbons (Fsp3) is 0.160. The first kappa shape index (κ1) is 23.7. The van der Waals surface area contributed by atoms with Crippen molar-refractivity contribution in [3.05, 3.63) is 90.0 Å². The van der Waals surface area contributed by atoms with Gasteiger partial charge in [-0.3, -0.25) is 14.9 Å². The van der Waals surface area contributed by atoms with Crippen LogP contribution < -0.4 is 20.1 Å². The van der Waals surface area contributed by atoms with E-state index < -0.39 is 5.91 Å². The lowest BCUT2D eigenvalue weighted by Crippen LogP contribution is -2.35. The van der Waals surface area contributed by atoms with Gasteiger partial charge in [-0.2, -0.15) is 0 Å². The summed E-state index contributed by atoms with van der Waals surface area (Å²) in [7, 11) is 3.34. The Bertz CT molecular complexity index is 1120. The van der Waals surface area contributed by atoms with Crippen molar-refractivity contribution in [2.45, 2.75) is 0 Å². The average molecular weight is 464 g/mol. The summed E-state index contributed by atoms with van der Waals surface area (Å²) in [5.74, 6) is 0.743. The fourth-order valence-corrected chi connectivity index (χ4v) is 3.11. The number of ether oxygens (including phenoxy) is 2. The Hall–Kier alpha value is -3.91. The summed E-state index contributed by atoms with van der Waals surface area (Å²) < 4.78 is 11.3. The van der Waals surface area contributed by atoms with Gasteiger partial charge in [-0.25, -0.2) is 0 Å². The van der Waals surface area contributed by atoms with Crippen LogP contribution in [0.15, 0.2) is 78.9 Å². The molecule has 0 atom stereocenters. The molecule has 0 unspecified atom stereocenters. The summed E-state index contributed by atoms with van der Waals surface area (Å²) in [6.07, 6.45) is 0. The molecule has 2 amide bonds. The fourth-order valence-electron chi connectivity index (χ4n) is 2.91. The van der Waals surface area contributed by atoms with E-state index >= 15 is 0 Å². The number of hydrogen-bond donors (Lipinski definition) is 2. The summed E-state index contributed by atoms with van der Waals surface area (Å²) in [6, 6.07) is 23.2. The summed E-state index contributed by atoms with van der Waals surface area (Å²) >= 11 is 5.27. The number of nitrogens with zero attached hydrogens (tertiary/aromatic N) is 1. The third kappa shape index (κ3) is 7.05. The highest BCUT2D eigenvalue weighted by atomic mass is 32.1. The Kier molecular flexibility index (Phi) is 8.37. The first-order chi connectivity index (χ1) is 15.9. The molecule has 2 N–H and O–H groups in total. The number of thiocarbonyl (C=S) groups is 1. The highest BCUT2D eigenvalue weighted by molar-refractivity contribution is 7.80. The second-order valence-corrected chi connectivity index (χ2v) is 7.60. The van der Waals surface area contributed by atoms with Crippen molar-refractivity contribution in [1.29, 1.82) is 0 Å². The molecule has 8 heteroatoms. The van der Waals surface area contributed by atoms with Gasteiger partial charge in [-0.1, -0.05) is 36.4 Å². The third-order valence-electron chi connectivity index (χ3n) is 4.50. The molecule has 3 aromatic carbocycles. The maximum Gasteiger partial charge on any atom is 0.257 e. The topological polar surface area (TPSA) is 79.9 Å². The van der Waals surface area contributed by atoms with Crippen LogP contribution in [0.4, 0.5) is 5.69 Å². The Labute approximate surface area is 198 Å². The van der Waals surface area contributed by atoms with Crippen molar-refractivity contribution >= 4 is 34.8 Å². The van der Waals surface area contributed by atoms with E-state index in [1.165, 1.54) is 4.90 Å². The van der Waals surface area contributed by atoms with Gasteiger partial charge in [0.2, 0.25) is 0 Å². The quantitative estimate of drug-likeness (QED) is 0.389. The number of para-hydroxylation sites is 2. The van der Waals surface area contributed by atoms with Crippen LogP contribution in [0.25, 0.3) is 0 Å². The molecule has 7 nitrogen and oxygen atoms in total. The minimum Gasteiger partial charge on any atom is -0.490 e. The Morgan fingerprint density at radius 3 is 2.21 bits per heavy atom. The first-order valence-corrected chi connectivity index (χ1v) is 10.7. The van der Waals surface area contributed by atoms with Gasteiger partial charge < -0.3 is 19.7 Å². The minimum atomic E-state index is -0.394. The Morgan fingerprint density at radius 2 is 1.48 bits per heavy atom. The smallest absolute Gasteiger partial charge is 0.257 e. The molecule has 0 spiro atoms. The maximum atomic E-state index is 12.6. The van der Waals surface area contributed by atoms with Crippen molar-refractivity contribution < 1.29 is 19.1 Å². The standard InChI is InChI=1S/C25H25N3O4S/c1-28(2)24(30)21-13-6-7-14-22(21)26-25(33)27-23(29)18-9-8-12-20(17-18)32-16-15-31-19-10-4-3-5-11-19/h3-14,17H,15-16H2,1-2H3,(H2,26,27,29,33). The van der Waals surface area contributed by atoms with Gasteiger partial charge in [-0.15, -0.1) is 0 Å². The van der Waals surface area contributed by atoms with Crippen LogP contribution in [0.1, 0.15) is 20.7 Å². The Morgan fingerprint density at radius 1 is 0.848 bits per heavy atom. The number of nitrogens with one attached hydrogen (secondary N) is 2. The van der Waals surface area contributed by atoms with Crippen molar-refractivity contribution in [2.75, 3.05) is 32.6 Å². The lowest BCUT2D eigenvalue weighted by molar-refractivity contribution is 0.0828. The number of hydrogen-bond acceptors (Lipinski definition) is 5. The number of anilines is 1. The van der Waals surface area contributed by atoms with E-state index in [9.17, 15) is 9.59 Å². The molecular weight excluding hydrogens is 438 g/mol. The minimum absolute atomic E-state index is 0.0848. The molecule has 170 valence electrons. The zero-order valence-corrected chi connectivity index (χ0v) is 19.2. The van der Waals surface area contributed by atoms with Crippen LogP contribution in [0.2, 0.25) is 0 Å². The van der Waals surface area contributed by atoms with Crippen molar-refractivity contribution in [3.8, 4) is 11.5 Å². The average Bonchev–Trinajstić information content (AvgIpc) is 2.82. The molecule has 0 bridgehead atoms. The van der Waals surface area contributed by atoms with E-state index in [4.69, 9.17) is 21.7 Å². The lowest BCUT2D eigenvalue weighted by Gasteiger charge is -2.16. The van der Waals surface area contributed by atoms with E-state index in [-0.39, 0.29) is 11.0 Å². The molecule has 0 heterocycles. The number of carbonyl (C=O) groups excluding carboxylic acids is 2. The van der Waals surface area contributed by atoms with E-state index in [1.807, 2.05) is 30.3 Å². The third-order valence-corrected chi connectivity index (χ3v) is 4.70. The van der Waals surface area contributed by atoms with Gasteiger partial charge >= 0.3 is 0 Å². The van der Waals surface area contributed by atoms with Crippen molar-refractivity contribution in [1.82, 2.24) is 10.2 Å². The summed E-state index contributed by atoms with van der Waals surface area (Å²) in [4.78, 5) is 26.5. The van der Waals surface area contributed by atoms with Crippen LogP contribution in [-0.4, -0.2) is 49.1 Å². The lowest BCUT2D eigenvalue weighted by atomic mass is 10.1. The van der Waals surface area contributed by atoms with E-state index in [2.05, 4.69) is 10.6 Å². The van der Waals surface area contributed by atoms with Gasteiger partial charge in [0.05, 0.1) is 11.3 Å². The van der Waals surface area contributed by atoms with Gasteiger partial charge in [-0.05, 0) is 54.7 Å². The van der Waals surface area contributed by atoms with Gasteiger partial charge in [0, 0.05) is 19.7 Å². The zero-order valence-electron chi connectivity index (χ0n) is 18.4. The second-order valence-electron chi connectivity index (χ2n) is 7.19. The molecule has 3 rings (SSSR count). The molecule has 0 aliphatic rings. The molecule has 3 aromatic rings. The second kappa shape index (κ2) is 11.6. The number of benzene rings is 3. The summed E-state index contributed by atoms with van der Waals surface area (Å²) in [5, 5.41) is 5.64. The summed E-state index contributed by atoms with van der Waals surface area (Å²) in [6.45, 7) is 0.705. The molecule has 0 radical (unpaired) electrons. The van der Waals surface area contributed by atoms with Crippen molar-refractivity contribution in [2.24, 2.45) is 0 Å². The predicted octanol–water partition coefficient (Wildman–Crippen LogP) is 3.97. The highest BCUT2D eigenvalue weighted by Crippen LogP contribution is 2.17. The number of carbonyl (C=O) groups is 2. The molecule has 0 fully saturated rings. The maximum absolute atomic E-state index is 12.6. The Balaban J connectivity index is 1.54. The largest absolute Gasteiger partial charge is 0.490 e. The molecular formula is C25H25N3O4S. The number of rotatable bonds is 8. The highest BCUT2D eigenvalue weighted by Gasteiger charge is 2.15. The SMILES string of the molecule is CN(C)C(=O)c1ccccc1NC(=S)NC(=O)c1cccc(OCCOc2ccccc2)c1. The molecule has 0 saturated heterocycles. The van der Waals surface area contributed by atoms with Crippen LogP contribution in [0, 0.1) is 0 Å². The zero-order chi connectivity index (χ0) is 23.6. The predicted molar refractivity (Wildman–Crippen MR) is 132 cm³/mol. The van der Waals surface area contributed by atoms with Gasteiger partial charge in [0.15, 0.2) is 5.11 Å². The number of amides is 2. The molecule has 0 aliphatic carbocycles. The van der Waals surface area contributed by atoms with Crippen LogP contribution in [0.3, 0.4) is 0 Å². The summed E-state index contributed by atoms with van der Waals surface area (Å²) in [5.41, 5.74) is 1.35. The van der Waals surface area contributed by atoms with Gasteiger partial charge in [0.25, 0.3) is 11.8 Å². The van der Waals surface area contributed by atoms with Crippen LogP contribution in [-0.2, 0) is 0 Å². The van der Waals surface area contributed by atoms with E-state index in [0.29, 0.717) is 35.8 Å². The van der Waals surface area contributed by atoms with Crippen LogP contribution in [0.5, 0.6) is 11.5 Å².